The number of urea groups is 2. The van der Waals surface area contributed by atoms with Crippen LogP contribution in [0.25, 0.3) is 0 Å². The summed E-state index contributed by atoms with van der Waals surface area (Å²) < 4.78 is 25.5. The Morgan fingerprint density at radius 1 is 0.708 bits per heavy atom. The number of rotatable bonds is 2. The molecule has 0 fully saturated rings. The first-order chi connectivity index (χ1) is 11.4. The highest BCUT2D eigenvalue weighted by Crippen LogP contribution is 2.08. The van der Waals surface area contributed by atoms with Crippen LogP contribution < -0.4 is 21.3 Å². The second kappa shape index (κ2) is 7.68. The van der Waals surface area contributed by atoms with Crippen LogP contribution in [0.5, 0.6) is 0 Å². The van der Waals surface area contributed by atoms with E-state index in [2.05, 4.69) is 21.3 Å². The van der Waals surface area contributed by atoms with Gasteiger partial charge in [0.05, 0.1) is 0 Å². The number of anilines is 2. The smallest absolute Gasteiger partial charge is 0.308 e. The number of halogens is 2. The maximum absolute atomic E-state index is 12.7. The standard InChI is InChI=1S/C15H13F2N5O2/c16-9-1-5-11(6-2-9)19-14(23)21-13(18)22-15(24)20-12-7-3-10(17)4-8-12/h1-8H,(H5,18,19,20,21,22,23,24). The molecule has 0 saturated heterocycles. The molecule has 2 aromatic rings. The minimum Gasteiger partial charge on any atom is -0.308 e. The molecule has 0 spiro atoms. The van der Waals surface area contributed by atoms with Crippen LogP contribution in [-0.2, 0) is 0 Å². The molecule has 0 bridgehead atoms. The molecule has 2 rings (SSSR count). The highest BCUT2D eigenvalue weighted by atomic mass is 19.1. The van der Waals surface area contributed by atoms with E-state index in [9.17, 15) is 18.4 Å². The van der Waals surface area contributed by atoms with E-state index in [0.29, 0.717) is 11.4 Å². The third-order valence-corrected chi connectivity index (χ3v) is 2.68. The molecule has 2 aromatic carbocycles. The molecule has 0 unspecified atom stereocenters. The van der Waals surface area contributed by atoms with Gasteiger partial charge in [-0.05, 0) is 48.5 Å². The maximum Gasteiger partial charge on any atom is 0.325 e. The van der Waals surface area contributed by atoms with E-state index >= 15 is 0 Å². The molecular weight excluding hydrogens is 320 g/mol. The molecule has 0 atom stereocenters. The van der Waals surface area contributed by atoms with Crippen molar-refractivity contribution < 1.29 is 18.4 Å². The first kappa shape index (κ1) is 16.9. The third kappa shape index (κ3) is 5.37. The fourth-order valence-electron chi connectivity index (χ4n) is 1.65. The van der Waals surface area contributed by atoms with Crippen LogP contribution in [0.4, 0.5) is 29.7 Å². The molecule has 0 saturated carbocycles. The van der Waals surface area contributed by atoms with Crippen LogP contribution in [0.1, 0.15) is 0 Å². The summed E-state index contributed by atoms with van der Waals surface area (Å²) in [5.41, 5.74) is 0.634. The van der Waals surface area contributed by atoms with Crippen molar-refractivity contribution >= 4 is 29.4 Å². The van der Waals surface area contributed by atoms with Crippen LogP contribution in [0.2, 0.25) is 0 Å². The van der Waals surface area contributed by atoms with Crippen molar-refractivity contribution in [3.8, 4) is 0 Å². The molecule has 4 amide bonds. The normalized spacial score (nSPS) is 9.75. The van der Waals surface area contributed by atoms with Gasteiger partial charge in [-0.25, -0.2) is 18.4 Å². The van der Waals surface area contributed by atoms with E-state index in [-0.39, 0.29) is 0 Å². The summed E-state index contributed by atoms with van der Waals surface area (Å²) in [6.45, 7) is 0. The van der Waals surface area contributed by atoms with Crippen LogP contribution in [-0.4, -0.2) is 18.0 Å². The summed E-state index contributed by atoms with van der Waals surface area (Å²) in [4.78, 5) is 23.2. The maximum atomic E-state index is 12.7. The van der Waals surface area contributed by atoms with E-state index in [1.165, 1.54) is 24.3 Å². The van der Waals surface area contributed by atoms with Crippen LogP contribution in [0.3, 0.4) is 0 Å². The lowest BCUT2D eigenvalue weighted by atomic mass is 10.3. The number of benzene rings is 2. The van der Waals surface area contributed by atoms with Crippen LogP contribution in [0.15, 0.2) is 48.5 Å². The average molecular weight is 333 g/mol. The van der Waals surface area contributed by atoms with E-state index in [1.807, 2.05) is 0 Å². The SMILES string of the molecule is N=C(NC(=O)Nc1ccc(F)cc1)NC(=O)Nc1ccc(F)cc1. The second-order valence-corrected chi connectivity index (χ2v) is 4.55. The van der Waals surface area contributed by atoms with Crippen molar-refractivity contribution in [1.29, 1.82) is 5.41 Å². The van der Waals surface area contributed by atoms with Gasteiger partial charge in [0.15, 0.2) is 0 Å². The Morgan fingerprint density at radius 3 is 1.38 bits per heavy atom. The molecule has 0 aliphatic rings. The molecular formula is C15H13F2N5O2. The first-order valence-corrected chi connectivity index (χ1v) is 6.68. The van der Waals surface area contributed by atoms with Gasteiger partial charge in [-0.15, -0.1) is 0 Å². The highest BCUT2D eigenvalue weighted by Gasteiger charge is 2.09. The van der Waals surface area contributed by atoms with E-state index in [1.54, 1.807) is 0 Å². The summed E-state index contributed by atoms with van der Waals surface area (Å²) in [6, 6.07) is 8.44. The van der Waals surface area contributed by atoms with Crippen molar-refractivity contribution in [3.05, 3.63) is 60.2 Å². The predicted molar refractivity (Wildman–Crippen MR) is 84.8 cm³/mol. The molecule has 0 aliphatic carbocycles. The fraction of sp³-hybridized carbons (Fsp3) is 0. The van der Waals surface area contributed by atoms with Crippen molar-refractivity contribution in [1.82, 2.24) is 10.6 Å². The molecule has 9 heteroatoms. The molecule has 0 aromatic heterocycles. The molecule has 0 radical (unpaired) electrons. The van der Waals surface area contributed by atoms with Gasteiger partial charge in [0.2, 0.25) is 5.96 Å². The topological polar surface area (TPSA) is 106 Å². The first-order valence-electron chi connectivity index (χ1n) is 6.68. The number of hydrogen-bond acceptors (Lipinski definition) is 3. The minimum absolute atomic E-state index is 0.317. The number of amides is 4. The molecule has 0 heterocycles. The highest BCUT2D eigenvalue weighted by molar-refractivity contribution is 6.08. The number of hydrogen-bond donors (Lipinski definition) is 5. The lowest BCUT2D eigenvalue weighted by Gasteiger charge is -2.10. The Balaban J connectivity index is 1.79. The summed E-state index contributed by atoms with van der Waals surface area (Å²) in [5, 5.41) is 16.4. The zero-order chi connectivity index (χ0) is 17.5. The van der Waals surface area contributed by atoms with Gasteiger partial charge in [-0.3, -0.25) is 16.0 Å². The predicted octanol–water partition coefficient (Wildman–Crippen LogP) is 2.84. The number of carbonyl (C=O) groups excluding carboxylic acids is 2. The third-order valence-electron chi connectivity index (χ3n) is 2.68. The monoisotopic (exact) mass is 333 g/mol. The van der Waals surface area contributed by atoms with Crippen molar-refractivity contribution in [2.45, 2.75) is 0 Å². The molecule has 7 nitrogen and oxygen atoms in total. The zero-order valence-corrected chi connectivity index (χ0v) is 12.2. The summed E-state index contributed by atoms with van der Waals surface area (Å²) >= 11 is 0. The van der Waals surface area contributed by atoms with Gasteiger partial charge in [-0.2, -0.15) is 0 Å². The van der Waals surface area contributed by atoms with E-state index in [4.69, 9.17) is 5.41 Å². The summed E-state index contributed by atoms with van der Waals surface area (Å²) in [5.74, 6) is -1.48. The Morgan fingerprint density at radius 2 is 1.04 bits per heavy atom. The number of carbonyl (C=O) groups is 2. The van der Waals surface area contributed by atoms with Crippen molar-refractivity contribution in [2.24, 2.45) is 0 Å². The van der Waals surface area contributed by atoms with Gasteiger partial charge < -0.3 is 10.6 Å². The number of guanidine groups is 1. The Labute approximate surface area is 135 Å². The Kier molecular flexibility index (Phi) is 5.40. The molecule has 0 aliphatic heterocycles. The lowest BCUT2D eigenvalue weighted by molar-refractivity contribution is 0.254. The van der Waals surface area contributed by atoms with Gasteiger partial charge in [0.1, 0.15) is 11.6 Å². The van der Waals surface area contributed by atoms with Gasteiger partial charge in [0.25, 0.3) is 0 Å². The quantitative estimate of drug-likeness (QED) is 0.431. The Bertz CT molecular complexity index is 684. The fourth-order valence-corrected chi connectivity index (χ4v) is 1.65. The lowest BCUT2D eigenvalue weighted by Crippen LogP contribution is -2.46. The van der Waals surface area contributed by atoms with Crippen molar-refractivity contribution in [3.63, 3.8) is 0 Å². The van der Waals surface area contributed by atoms with E-state index < -0.39 is 29.7 Å². The zero-order valence-electron chi connectivity index (χ0n) is 12.2. The second-order valence-electron chi connectivity index (χ2n) is 4.55. The number of nitrogens with one attached hydrogen (secondary N) is 5. The minimum atomic E-state index is -0.784. The largest absolute Gasteiger partial charge is 0.325 e. The average Bonchev–Trinajstić information content (AvgIpc) is 2.51. The van der Waals surface area contributed by atoms with E-state index in [0.717, 1.165) is 24.3 Å². The van der Waals surface area contributed by atoms with Crippen LogP contribution in [0, 0.1) is 17.0 Å². The summed E-state index contributed by atoms with van der Waals surface area (Å²) in [6.07, 6.45) is 0. The molecule has 24 heavy (non-hydrogen) atoms. The van der Waals surface area contributed by atoms with Crippen LogP contribution >= 0.6 is 0 Å². The Hall–Kier alpha value is -3.49. The summed E-state index contributed by atoms with van der Waals surface area (Å²) in [7, 11) is 0. The van der Waals surface area contributed by atoms with Crippen molar-refractivity contribution in [2.75, 3.05) is 10.6 Å². The van der Waals surface area contributed by atoms with Gasteiger partial charge in [-0.1, -0.05) is 0 Å². The van der Waals surface area contributed by atoms with Gasteiger partial charge >= 0.3 is 12.1 Å². The molecule has 124 valence electrons. The molecule has 5 N–H and O–H groups in total. The van der Waals surface area contributed by atoms with Gasteiger partial charge in [0, 0.05) is 11.4 Å².